The van der Waals surface area contributed by atoms with Gasteiger partial charge in [-0.05, 0) is 44.0 Å². The number of anilines is 1. The summed E-state index contributed by atoms with van der Waals surface area (Å²) in [6.45, 7) is 5.03. The van der Waals surface area contributed by atoms with E-state index < -0.39 is 0 Å². The van der Waals surface area contributed by atoms with Crippen molar-refractivity contribution in [2.75, 3.05) is 38.2 Å². The van der Waals surface area contributed by atoms with Crippen LogP contribution >= 0.6 is 0 Å². The van der Waals surface area contributed by atoms with Crippen LogP contribution in [0, 0.1) is 5.92 Å². The third-order valence-corrected chi connectivity index (χ3v) is 5.25. The first kappa shape index (κ1) is 17.6. The lowest BCUT2D eigenvalue weighted by molar-refractivity contribution is -0.129. The fraction of sp³-hybridized carbons (Fsp3) is 0.579. The molecule has 6 nitrogen and oxygen atoms in total. The summed E-state index contributed by atoms with van der Waals surface area (Å²) < 4.78 is 5.20. The molecular weight excluding hydrogens is 318 g/mol. The van der Waals surface area contributed by atoms with Crippen molar-refractivity contribution >= 4 is 17.5 Å². The molecule has 0 spiro atoms. The van der Waals surface area contributed by atoms with Gasteiger partial charge in [-0.3, -0.25) is 9.59 Å². The van der Waals surface area contributed by atoms with Gasteiger partial charge in [-0.15, -0.1) is 0 Å². The van der Waals surface area contributed by atoms with Gasteiger partial charge in [0.2, 0.25) is 11.8 Å². The predicted octanol–water partition coefficient (Wildman–Crippen LogP) is 1.65. The zero-order chi connectivity index (χ0) is 17.8. The summed E-state index contributed by atoms with van der Waals surface area (Å²) in [5.41, 5.74) is 1.19. The van der Waals surface area contributed by atoms with Crippen LogP contribution in [0.1, 0.15) is 26.2 Å². The molecule has 1 aromatic carbocycles. The number of carbonyl (C=O) groups excluding carboxylic acids is 2. The summed E-state index contributed by atoms with van der Waals surface area (Å²) >= 11 is 0. The van der Waals surface area contributed by atoms with Crippen molar-refractivity contribution < 1.29 is 14.3 Å². The van der Waals surface area contributed by atoms with Crippen molar-refractivity contribution in [3.8, 4) is 5.75 Å². The second-order valence-electron chi connectivity index (χ2n) is 6.80. The number of likely N-dealkylation sites (tertiary alicyclic amines) is 1. The quantitative estimate of drug-likeness (QED) is 0.881. The smallest absolute Gasteiger partial charge is 0.225 e. The van der Waals surface area contributed by atoms with Crippen molar-refractivity contribution in [3.63, 3.8) is 0 Å². The Bertz CT molecular complexity index is 609. The number of carbonyl (C=O) groups is 2. The van der Waals surface area contributed by atoms with Gasteiger partial charge < -0.3 is 19.9 Å². The summed E-state index contributed by atoms with van der Waals surface area (Å²) in [4.78, 5) is 28.3. The highest BCUT2D eigenvalue weighted by Gasteiger charge is 2.34. The SMILES string of the molecule is CCN1C[C@@H](C(=O)NC2CCN(c3ccc(OC)cc3)CC2)CC1=O. The average molecular weight is 345 g/mol. The molecular formula is C19H27N3O3. The first-order chi connectivity index (χ1) is 12.1. The molecule has 2 aliphatic rings. The fourth-order valence-electron chi connectivity index (χ4n) is 3.65. The number of hydrogen-bond acceptors (Lipinski definition) is 4. The van der Waals surface area contributed by atoms with E-state index in [1.54, 1.807) is 12.0 Å². The maximum atomic E-state index is 12.4. The van der Waals surface area contributed by atoms with E-state index in [1.165, 1.54) is 5.69 Å². The number of methoxy groups -OCH3 is 1. The van der Waals surface area contributed by atoms with Gasteiger partial charge in [0.25, 0.3) is 0 Å². The molecule has 0 saturated carbocycles. The molecule has 1 aromatic rings. The standard InChI is InChI=1S/C19H27N3O3/c1-3-21-13-14(12-18(21)23)19(24)20-15-8-10-22(11-9-15)16-4-6-17(25-2)7-5-16/h4-7,14-15H,3,8-13H2,1-2H3,(H,20,24)/t14-/m0/s1. The van der Waals surface area contributed by atoms with Gasteiger partial charge >= 0.3 is 0 Å². The van der Waals surface area contributed by atoms with Crippen molar-refractivity contribution in [3.05, 3.63) is 24.3 Å². The van der Waals surface area contributed by atoms with E-state index in [1.807, 2.05) is 19.1 Å². The molecule has 0 unspecified atom stereocenters. The van der Waals surface area contributed by atoms with E-state index in [0.717, 1.165) is 31.7 Å². The highest BCUT2D eigenvalue weighted by atomic mass is 16.5. The van der Waals surface area contributed by atoms with Crippen molar-refractivity contribution in [2.45, 2.75) is 32.2 Å². The van der Waals surface area contributed by atoms with E-state index >= 15 is 0 Å². The monoisotopic (exact) mass is 345 g/mol. The number of hydrogen-bond donors (Lipinski definition) is 1. The summed E-state index contributed by atoms with van der Waals surface area (Å²) in [6, 6.07) is 8.29. The molecule has 0 radical (unpaired) electrons. The largest absolute Gasteiger partial charge is 0.497 e. The first-order valence-corrected chi connectivity index (χ1v) is 9.08. The first-order valence-electron chi connectivity index (χ1n) is 9.08. The Hall–Kier alpha value is -2.24. The van der Waals surface area contributed by atoms with Crippen LogP contribution in [0.4, 0.5) is 5.69 Å². The Kier molecular flexibility index (Phi) is 5.46. The lowest BCUT2D eigenvalue weighted by Gasteiger charge is -2.34. The number of nitrogens with zero attached hydrogens (tertiary/aromatic N) is 2. The Labute approximate surface area is 149 Å². The van der Waals surface area contributed by atoms with Gasteiger partial charge in [0, 0.05) is 44.3 Å². The van der Waals surface area contributed by atoms with Crippen LogP contribution in [0.3, 0.4) is 0 Å². The van der Waals surface area contributed by atoms with Gasteiger partial charge in [-0.25, -0.2) is 0 Å². The van der Waals surface area contributed by atoms with Crippen LogP contribution in [-0.4, -0.2) is 56.0 Å². The van der Waals surface area contributed by atoms with Crippen LogP contribution < -0.4 is 15.0 Å². The van der Waals surface area contributed by atoms with Crippen LogP contribution in [0.5, 0.6) is 5.75 Å². The van der Waals surface area contributed by atoms with Gasteiger partial charge in [-0.2, -0.15) is 0 Å². The molecule has 1 N–H and O–H groups in total. The Morgan fingerprint density at radius 3 is 2.48 bits per heavy atom. The van der Waals surface area contributed by atoms with E-state index in [2.05, 4.69) is 22.3 Å². The molecule has 2 fully saturated rings. The Balaban J connectivity index is 1.47. The lowest BCUT2D eigenvalue weighted by Crippen LogP contribution is -2.46. The summed E-state index contributed by atoms with van der Waals surface area (Å²) in [5.74, 6) is 0.800. The van der Waals surface area contributed by atoms with E-state index in [4.69, 9.17) is 4.74 Å². The number of amides is 2. The predicted molar refractivity (Wildman–Crippen MR) is 96.7 cm³/mol. The molecule has 6 heteroatoms. The number of nitrogens with one attached hydrogen (secondary N) is 1. The Morgan fingerprint density at radius 1 is 1.24 bits per heavy atom. The lowest BCUT2D eigenvalue weighted by atomic mass is 10.0. The molecule has 2 heterocycles. The molecule has 3 rings (SSSR count). The number of rotatable bonds is 5. The number of piperidine rings is 1. The highest BCUT2D eigenvalue weighted by Crippen LogP contribution is 2.23. The fourth-order valence-corrected chi connectivity index (χ4v) is 3.65. The highest BCUT2D eigenvalue weighted by molar-refractivity contribution is 5.89. The number of benzene rings is 1. The van der Waals surface area contributed by atoms with Crippen molar-refractivity contribution in [1.29, 1.82) is 0 Å². The second-order valence-corrected chi connectivity index (χ2v) is 6.80. The third-order valence-electron chi connectivity index (χ3n) is 5.25. The maximum absolute atomic E-state index is 12.4. The van der Waals surface area contributed by atoms with Crippen LogP contribution in [0.25, 0.3) is 0 Å². The average Bonchev–Trinajstić information content (AvgIpc) is 3.03. The minimum Gasteiger partial charge on any atom is -0.497 e. The van der Waals surface area contributed by atoms with Gasteiger partial charge in [0.15, 0.2) is 0 Å². The summed E-state index contributed by atoms with van der Waals surface area (Å²) in [7, 11) is 1.67. The van der Waals surface area contributed by atoms with E-state index in [0.29, 0.717) is 19.5 Å². The van der Waals surface area contributed by atoms with Crippen molar-refractivity contribution in [1.82, 2.24) is 10.2 Å². The third kappa shape index (κ3) is 4.06. The van der Waals surface area contributed by atoms with Crippen molar-refractivity contribution in [2.24, 2.45) is 5.92 Å². The van der Waals surface area contributed by atoms with Gasteiger partial charge in [0.1, 0.15) is 5.75 Å². The molecule has 25 heavy (non-hydrogen) atoms. The number of ether oxygens (including phenoxy) is 1. The molecule has 0 aromatic heterocycles. The van der Waals surface area contributed by atoms with Crippen LogP contribution in [-0.2, 0) is 9.59 Å². The molecule has 2 saturated heterocycles. The zero-order valence-electron chi connectivity index (χ0n) is 15.0. The maximum Gasteiger partial charge on any atom is 0.225 e. The minimum absolute atomic E-state index is 0.0344. The molecule has 1 atom stereocenters. The molecule has 0 bridgehead atoms. The molecule has 2 amide bonds. The topological polar surface area (TPSA) is 61.9 Å². The van der Waals surface area contributed by atoms with E-state index in [-0.39, 0.29) is 23.8 Å². The van der Waals surface area contributed by atoms with Crippen LogP contribution in [0.2, 0.25) is 0 Å². The minimum atomic E-state index is -0.188. The summed E-state index contributed by atoms with van der Waals surface area (Å²) in [5, 5.41) is 3.15. The normalized spacial score (nSPS) is 21.5. The van der Waals surface area contributed by atoms with E-state index in [9.17, 15) is 9.59 Å². The zero-order valence-corrected chi connectivity index (χ0v) is 15.0. The second kappa shape index (κ2) is 7.76. The molecule has 2 aliphatic heterocycles. The Morgan fingerprint density at radius 2 is 1.92 bits per heavy atom. The van der Waals surface area contributed by atoms with Crippen LogP contribution in [0.15, 0.2) is 24.3 Å². The molecule has 136 valence electrons. The molecule has 0 aliphatic carbocycles. The van der Waals surface area contributed by atoms with Gasteiger partial charge in [0.05, 0.1) is 13.0 Å². The van der Waals surface area contributed by atoms with Gasteiger partial charge in [-0.1, -0.05) is 0 Å². The summed E-state index contributed by atoms with van der Waals surface area (Å²) in [6.07, 6.45) is 2.20.